The maximum absolute atomic E-state index is 5.66. The van der Waals surface area contributed by atoms with E-state index in [1.165, 1.54) is 10.4 Å². The number of nitrogens with zero attached hydrogens (tertiary/aromatic N) is 2. The van der Waals surface area contributed by atoms with Crippen LogP contribution >= 0.6 is 11.3 Å². The molecule has 0 spiro atoms. The highest BCUT2D eigenvalue weighted by Gasteiger charge is 2.16. The zero-order chi connectivity index (χ0) is 13.2. The average molecular weight is 262 g/mol. The molecule has 0 aliphatic rings. The number of aromatic nitrogens is 2. The predicted octanol–water partition coefficient (Wildman–Crippen LogP) is 2.66. The molecule has 3 N–H and O–H groups in total. The van der Waals surface area contributed by atoms with Crippen molar-refractivity contribution in [1.82, 2.24) is 9.97 Å². The zero-order valence-corrected chi connectivity index (χ0v) is 11.7. The van der Waals surface area contributed by atoms with Crippen LogP contribution < -0.4 is 11.1 Å². The van der Waals surface area contributed by atoms with Crippen molar-refractivity contribution in [3.63, 3.8) is 0 Å². The first-order chi connectivity index (χ1) is 8.52. The van der Waals surface area contributed by atoms with Crippen LogP contribution in [0.5, 0.6) is 0 Å². The molecule has 0 aliphatic carbocycles. The van der Waals surface area contributed by atoms with Crippen molar-refractivity contribution < 1.29 is 0 Å². The second kappa shape index (κ2) is 5.04. The molecule has 0 saturated heterocycles. The lowest BCUT2D eigenvalue weighted by atomic mass is 10.1. The minimum Gasteiger partial charge on any atom is -0.348 e. The lowest BCUT2D eigenvalue weighted by Gasteiger charge is -2.23. The molecule has 0 fully saturated rings. The van der Waals surface area contributed by atoms with Gasteiger partial charge in [-0.1, -0.05) is 0 Å². The first kappa shape index (κ1) is 13.0. The van der Waals surface area contributed by atoms with Crippen molar-refractivity contribution in [3.05, 3.63) is 29.4 Å². The molecule has 0 amide bonds. The second-order valence-electron chi connectivity index (χ2n) is 4.94. The van der Waals surface area contributed by atoms with Gasteiger partial charge in [-0.15, -0.1) is 11.3 Å². The molecule has 4 nitrogen and oxygen atoms in total. The number of hydrogen-bond acceptors (Lipinski definition) is 5. The van der Waals surface area contributed by atoms with E-state index in [2.05, 4.69) is 33.7 Å². The number of hydrogen-bond donors (Lipinski definition) is 2. The third kappa shape index (κ3) is 2.86. The van der Waals surface area contributed by atoms with E-state index >= 15 is 0 Å². The lowest BCUT2D eigenvalue weighted by Crippen LogP contribution is -2.39. The summed E-state index contributed by atoms with van der Waals surface area (Å²) >= 11 is 1.71. The number of nitrogens with one attached hydrogen (secondary N) is 1. The second-order valence-corrected chi connectivity index (χ2v) is 5.86. The largest absolute Gasteiger partial charge is 0.348 e. The predicted molar refractivity (Wildman–Crippen MR) is 76.8 cm³/mol. The van der Waals surface area contributed by atoms with Crippen molar-refractivity contribution in [2.45, 2.75) is 26.3 Å². The first-order valence-electron chi connectivity index (χ1n) is 5.86. The Morgan fingerprint density at radius 2 is 2.00 bits per heavy atom. The Morgan fingerprint density at radius 1 is 1.33 bits per heavy atom. The van der Waals surface area contributed by atoms with Gasteiger partial charge in [0.15, 0.2) is 0 Å². The van der Waals surface area contributed by atoms with Crippen molar-refractivity contribution in [2.24, 2.45) is 5.73 Å². The van der Waals surface area contributed by atoms with Crippen LogP contribution in [-0.2, 0) is 0 Å². The van der Waals surface area contributed by atoms with Gasteiger partial charge in [-0.3, -0.25) is 0 Å². The highest BCUT2D eigenvalue weighted by molar-refractivity contribution is 7.13. The van der Waals surface area contributed by atoms with E-state index in [0.717, 1.165) is 5.56 Å². The highest BCUT2D eigenvalue weighted by atomic mass is 32.1. The molecule has 2 aromatic heterocycles. The van der Waals surface area contributed by atoms with E-state index in [1.807, 2.05) is 26.2 Å². The van der Waals surface area contributed by atoms with Crippen LogP contribution in [0.1, 0.15) is 19.4 Å². The highest BCUT2D eigenvalue weighted by Crippen LogP contribution is 2.28. The van der Waals surface area contributed by atoms with E-state index in [-0.39, 0.29) is 5.54 Å². The standard InChI is InChI=1S/C13H18N4S/c1-9-4-5-18-11(9)10-6-15-12(16-7-10)17-13(2,3)8-14/h4-7H,8,14H2,1-3H3,(H,15,16,17). The Morgan fingerprint density at radius 3 is 2.50 bits per heavy atom. The summed E-state index contributed by atoms with van der Waals surface area (Å²) in [5.74, 6) is 0.614. The van der Waals surface area contributed by atoms with Crippen molar-refractivity contribution >= 4 is 17.3 Å². The van der Waals surface area contributed by atoms with Gasteiger partial charge in [-0.05, 0) is 37.8 Å². The Labute approximate surface area is 111 Å². The topological polar surface area (TPSA) is 63.8 Å². The summed E-state index contributed by atoms with van der Waals surface area (Å²) in [5.41, 5.74) is 7.78. The van der Waals surface area contributed by atoms with Crippen LogP contribution in [0, 0.1) is 6.92 Å². The molecule has 18 heavy (non-hydrogen) atoms. The summed E-state index contributed by atoms with van der Waals surface area (Å²) in [6.45, 7) is 6.67. The SMILES string of the molecule is Cc1ccsc1-c1cnc(NC(C)(C)CN)nc1. The van der Waals surface area contributed by atoms with Crippen LogP contribution in [0.3, 0.4) is 0 Å². The molecule has 2 heterocycles. The fraction of sp³-hybridized carbons (Fsp3) is 0.385. The average Bonchev–Trinajstić information content (AvgIpc) is 2.76. The molecule has 2 aromatic rings. The lowest BCUT2D eigenvalue weighted by molar-refractivity contribution is 0.574. The molecule has 0 saturated carbocycles. The van der Waals surface area contributed by atoms with Crippen molar-refractivity contribution in [1.29, 1.82) is 0 Å². The van der Waals surface area contributed by atoms with Crippen LogP contribution in [0.25, 0.3) is 10.4 Å². The molecule has 0 unspecified atom stereocenters. The molecule has 5 heteroatoms. The summed E-state index contributed by atoms with van der Waals surface area (Å²) in [7, 11) is 0. The van der Waals surface area contributed by atoms with E-state index < -0.39 is 0 Å². The maximum atomic E-state index is 5.66. The Bertz CT molecular complexity index is 516. The van der Waals surface area contributed by atoms with Gasteiger partial charge in [0.25, 0.3) is 0 Å². The summed E-state index contributed by atoms with van der Waals surface area (Å²) in [6.07, 6.45) is 3.70. The van der Waals surface area contributed by atoms with Crippen molar-refractivity contribution in [2.75, 3.05) is 11.9 Å². The number of anilines is 1. The summed E-state index contributed by atoms with van der Waals surface area (Å²) in [4.78, 5) is 9.90. The summed E-state index contributed by atoms with van der Waals surface area (Å²) in [5, 5.41) is 5.29. The fourth-order valence-corrected chi connectivity index (χ4v) is 2.44. The molecular weight excluding hydrogens is 244 g/mol. The molecular formula is C13H18N4S. The third-order valence-electron chi connectivity index (χ3n) is 2.74. The van der Waals surface area contributed by atoms with Gasteiger partial charge in [0, 0.05) is 34.9 Å². The monoisotopic (exact) mass is 262 g/mol. The van der Waals surface area contributed by atoms with Crippen LogP contribution in [0.4, 0.5) is 5.95 Å². The van der Waals surface area contributed by atoms with E-state index in [4.69, 9.17) is 5.73 Å². The van der Waals surface area contributed by atoms with Gasteiger partial charge in [-0.2, -0.15) is 0 Å². The van der Waals surface area contributed by atoms with Gasteiger partial charge in [0.2, 0.25) is 5.95 Å². The smallest absolute Gasteiger partial charge is 0.223 e. The normalized spacial score (nSPS) is 11.6. The van der Waals surface area contributed by atoms with Crippen LogP contribution in [-0.4, -0.2) is 22.1 Å². The quantitative estimate of drug-likeness (QED) is 0.889. The molecule has 0 radical (unpaired) electrons. The molecule has 0 bridgehead atoms. The van der Waals surface area contributed by atoms with Crippen LogP contribution in [0.2, 0.25) is 0 Å². The fourth-order valence-electron chi connectivity index (χ4n) is 1.53. The number of rotatable bonds is 4. The van der Waals surface area contributed by atoms with Crippen molar-refractivity contribution in [3.8, 4) is 10.4 Å². The minimum atomic E-state index is -0.194. The molecule has 0 atom stereocenters. The summed E-state index contributed by atoms with van der Waals surface area (Å²) in [6, 6.07) is 2.10. The number of thiophene rings is 1. The maximum Gasteiger partial charge on any atom is 0.223 e. The van der Waals surface area contributed by atoms with Gasteiger partial charge in [0.05, 0.1) is 0 Å². The molecule has 96 valence electrons. The first-order valence-corrected chi connectivity index (χ1v) is 6.74. The van der Waals surface area contributed by atoms with Gasteiger partial charge >= 0.3 is 0 Å². The zero-order valence-electron chi connectivity index (χ0n) is 10.9. The minimum absolute atomic E-state index is 0.194. The molecule has 0 aromatic carbocycles. The third-order valence-corrected chi connectivity index (χ3v) is 3.80. The Kier molecular flexibility index (Phi) is 3.63. The molecule has 0 aliphatic heterocycles. The van der Waals surface area contributed by atoms with Gasteiger partial charge in [-0.25, -0.2) is 9.97 Å². The molecule has 2 rings (SSSR count). The van der Waals surface area contributed by atoms with E-state index in [9.17, 15) is 0 Å². The van der Waals surface area contributed by atoms with Crippen LogP contribution in [0.15, 0.2) is 23.8 Å². The van der Waals surface area contributed by atoms with E-state index in [1.54, 1.807) is 11.3 Å². The number of aryl methyl sites for hydroxylation is 1. The Hall–Kier alpha value is -1.46. The Balaban J connectivity index is 2.18. The van der Waals surface area contributed by atoms with Gasteiger partial charge in [0.1, 0.15) is 0 Å². The van der Waals surface area contributed by atoms with Gasteiger partial charge < -0.3 is 11.1 Å². The van der Waals surface area contributed by atoms with E-state index in [0.29, 0.717) is 12.5 Å². The number of nitrogens with two attached hydrogens (primary N) is 1. The summed E-state index contributed by atoms with van der Waals surface area (Å²) < 4.78 is 0.